The van der Waals surface area contributed by atoms with Crippen LogP contribution in [0, 0.1) is 0 Å². The second kappa shape index (κ2) is 4.22. The highest BCUT2D eigenvalue weighted by Gasteiger charge is 2.48. The summed E-state index contributed by atoms with van der Waals surface area (Å²) in [4.78, 5) is 0. The van der Waals surface area contributed by atoms with Crippen molar-refractivity contribution in [2.45, 2.75) is 31.0 Å². The lowest BCUT2D eigenvalue weighted by Gasteiger charge is -2.15. The number of primary sulfonamides is 1. The molecule has 98 valence electrons. The number of halogens is 4. The van der Waals surface area contributed by atoms with Crippen LogP contribution < -0.4 is 5.14 Å². The molecule has 0 saturated heterocycles. The fraction of sp³-hybridized carbons (Fsp3) is 0.667. The lowest BCUT2D eigenvalue weighted by atomic mass is 10.3. The standard InChI is InChI=1S/C6H8F4N4O2S/c1-2-14-4(6(9,10)3(7)8)12-13-5(14)17(11,15)16/h3H,2H2,1H3,(H2,11,15,16). The summed E-state index contributed by atoms with van der Waals surface area (Å²) in [5.74, 6) is -6.02. The third kappa shape index (κ3) is 2.39. The molecule has 1 aromatic rings. The Hall–Kier alpha value is -1.23. The molecule has 0 unspecified atom stereocenters. The summed E-state index contributed by atoms with van der Waals surface area (Å²) < 4.78 is 72.5. The zero-order valence-electron chi connectivity index (χ0n) is 8.44. The number of nitrogens with two attached hydrogens (primary N) is 1. The molecule has 1 rings (SSSR count). The Balaban J connectivity index is 3.44. The molecule has 0 fully saturated rings. The number of nitrogens with zero attached hydrogens (tertiary/aromatic N) is 3. The molecule has 6 nitrogen and oxygen atoms in total. The van der Waals surface area contributed by atoms with Crippen LogP contribution in [0.25, 0.3) is 0 Å². The summed E-state index contributed by atoms with van der Waals surface area (Å²) in [5, 5.41) is 9.37. The molecule has 0 aliphatic heterocycles. The van der Waals surface area contributed by atoms with Gasteiger partial charge in [0.2, 0.25) is 5.82 Å². The Morgan fingerprint density at radius 1 is 1.41 bits per heavy atom. The zero-order valence-corrected chi connectivity index (χ0v) is 9.26. The van der Waals surface area contributed by atoms with Gasteiger partial charge in [0, 0.05) is 6.54 Å². The van der Waals surface area contributed by atoms with Crippen LogP contribution in [-0.2, 0) is 22.5 Å². The molecule has 2 N–H and O–H groups in total. The molecule has 0 spiro atoms. The van der Waals surface area contributed by atoms with Crippen molar-refractivity contribution in [3.63, 3.8) is 0 Å². The summed E-state index contributed by atoms with van der Waals surface area (Å²) in [7, 11) is -4.40. The van der Waals surface area contributed by atoms with Gasteiger partial charge in [-0.2, -0.15) is 8.78 Å². The highest BCUT2D eigenvalue weighted by atomic mass is 32.2. The van der Waals surface area contributed by atoms with E-state index in [1.54, 1.807) is 0 Å². The Morgan fingerprint density at radius 2 is 1.94 bits per heavy atom. The first kappa shape index (κ1) is 13.8. The van der Waals surface area contributed by atoms with Crippen LogP contribution in [0.3, 0.4) is 0 Å². The summed E-state index contributed by atoms with van der Waals surface area (Å²) in [5.41, 5.74) is 0. The topological polar surface area (TPSA) is 90.9 Å². The van der Waals surface area contributed by atoms with E-state index in [0.717, 1.165) is 0 Å². The van der Waals surface area contributed by atoms with Crippen LogP contribution in [-0.4, -0.2) is 29.6 Å². The van der Waals surface area contributed by atoms with Gasteiger partial charge in [-0.3, -0.25) is 4.57 Å². The van der Waals surface area contributed by atoms with Gasteiger partial charge in [0.1, 0.15) is 0 Å². The minimum atomic E-state index is -4.59. The first-order valence-electron chi connectivity index (χ1n) is 4.24. The van der Waals surface area contributed by atoms with Gasteiger partial charge in [-0.15, -0.1) is 10.2 Å². The third-order valence-corrected chi connectivity index (χ3v) is 2.67. The second-order valence-corrected chi connectivity index (χ2v) is 4.47. The smallest absolute Gasteiger partial charge is 0.296 e. The monoisotopic (exact) mass is 276 g/mol. The molecule has 0 atom stereocenters. The van der Waals surface area contributed by atoms with Crippen molar-refractivity contribution in [1.82, 2.24) is 14.8 Å². The molecule has 0 aliphatic carbocycles. The Bertz CT molecular complexity index is 512. The van der Waals surface area contributed by atoms with Crippen LogP contribution in [0.15, 0.2) is 5.16 Å². The summed E-state index contributed by atoms with van der Waals surface area (Å²) in [6.45, 7) is 0.930. The van der Waals surface area contributed by atoms with Crippen molar-refractivity contribution in [2.24, 2.45) is 5.14 Å². The Morgan fingerprint density at radius 3 is 2.29 bits per heavy atom. The quantitative estimate of drug-likeness (QED) is 0.801. The van der Waals surface area contributed by atoms with Gasteiger partial charge in [-0.05, 0) is 6.92 Å². The highest BCUT2D eigenvalue weighted by molar-refractivity contribution is 7.89. The molecule has 0 saturated carbocycles. The number of sulfonamides is 1. The average molecular weight is 276 g/mol. The molecule has 0 amide bonds. The zero-order chi connectivity index (χ0) is 13.4. The van der Waals surface area contributed by atoms with Gasteiger partial charge in [0.05, 0.1) is 0 Å². The molecule has 1 aromatic heterocycles. The predicted octanol–water partition coefficient (Wildman–Crippen LogP) is 0.302. The minimum Gasteiger partial charge on any atom is -0.296 e. The van der Waals surface area contributed by atoms with E-state index in [9.17, 15) is 26.0 Å². The summed E-state index contributed by atoms with van der Waals surface area (Å²) in [6.07, 6.45) is -4.02. The number of hydrogen-bond acceptors (Lipinski definition) is 4. The molecule has 0 aromatic carbocycles. The molecule has 0 radical (unpaired) electrons. The van der Waals surface area contributed by atoms with Gasteiger partial charge < -0.3 is 0 Å². The summed E-state index contributed by atoms with van der Waals surface area (Å²) in [6, 6.07) is 0. The average Bonchev–Trinajstić information content (AvgIpc) is 2.60. The van der Waals surface area contributed by atoms with E-state index >= 15 is 0 Å². The van der Waals surface area contributed by atoms with E-state index in [1.807, 2.05) is 0 Å². The Labute approximate surface area is 93.5 Å². The maximum absolute atomic E-state index is 13.0. The first-order valence-corrected chi connectivity index (χ1v) is 5.79. The van der Waals surface area contributed by atoms with E-state index in [-0.39, 0.29) is 6.54 Å². The third-order valence-electron chi connectivity index (χ3n) is 1.86. The normalized spacial score (nSPS) is 13.4. The Kier molecular flexibility index (Phi) is 3.43. The van der Waals surface area contributed by atoms with E-state index in [0.29, 0.717) is 4.57 Å². The van der Waals surface area contributed by atoms with Gasteiger partial charge in [-0.25, -0.2) is 22.3 Å². The fourth-order valence-corrected chi connectivity index (χ4v) is 1.81. The maximum Gasteiger partial charge on any atom is 0.365 e. The molecule has 17 heavy (non-hydrogen) atoms. The minimum absolute atomic E-state index is 0.335. The van der Waals surface area contributed by atoms with Gasteiger partial charge in [-0.1, -0.05) is 0 Å². The summed E-state index contributed by atoms with van der Waals surface area (Å²) >= 11 is 0. The fourth-order valence-electron chi connectivity index (χ4n) is 1.13. The van der Waals surface area contributed by atoms with Crippen molar-refractivity contribution in [2.75, 3.05) is 0 Å². The van der Waals surface area contributed by atoms with E-state index < -0.39 is 33.4 Å². The largest absolute Gasteiger partial charge is 0.365 e. The van der Waals surface area contributed by atoms with Crippen molar-refractivity contribution >= 4 is 10.0 Å². The van der Waals surface area contributed by atoms with Crippen LogP contribution in [0.2, 0.25) is 0 Å². The van der Waals surface area contributed by atoms with Crippen molar-refractivity contribution < 1.29 is 26.0 Å². The van der Waals surface area contributed by atoms with Crippen LogP contribution >= 0.6 is 0 Å². The second-order valence-electron chi connectivity index (χ2n) is 3.02. The number of rotatable bonds is 4. The van der Waals surface area contributed by atoms with Gasteiger partial charge in [0.25, 0.3) is 15.2 Å². The lowest BCUT2D eigenvalue weighted by Crippen LogP contribution is -2.29. The number of hydrogen-bond donors (Lipinski definition) is 1. The van der Waals surface area contributed by atoms with Crippen LogP contribution in [0.4, 0.5) is 17.6 Å². The molecule has 0 aliphatic rings. The molecule has 1 heterocycles. The molecule has 0 bridgehead atoms. The van der Waals surface area contributed by atoms with Crippen molar-refractivity contribution in [3.8, 4) is 0 Å². The van der Waals surface area contributed by atoms with E-state index in [1.165, 1.54) is 6.92 Å². The highest BCUT2D eigenvalue weighted by Crippen LogP contribution is 2.33. The molecular weight excluding hydrogens is 268 g/mol. The van der Waals surface area contributed by atoms with E-state index in [4.69, 9.17) is 0 Å². The van der Waals surface area contributed by atoms with Crippen LogP contribution in [0.1, 0.15) is 12.7 Å². The van der Waals surface area contributed by atoms with Crippen molar-refractivity contribution in [3.05, 3.63) is 5.82 Å². The SMILES string of the molecule is CCn1c(C(F)(F)C(F)F)nnc1S(N)(=O)=O. The maximum atomic E-state index is 13.0. The van der Waals surface area contributed by atoms with Crippen molar-refractivity contribution in [1.29, 1.82) is 0 Å². The van der Waals surface area contributed by atoms with Gasteiger partial charge >= 0.3 is 12.3 Å². The lowest BCUT2D eigenvalue weighted by molar-refractivity contribution is -0.143. The van der Waals surface area contributed by atoms with Crippen LogP contribution in [0.5, 0.6) is 0 Å². The molecular formula is C6H8F4N4O2S. The first-order chi connectivity index (χ1) is 7.62. The number of alkyl halides is 4. The number of aromatic nitrogens is 3. The van der Waals surface area contributed by atoms with E-state index in [2.05, 4.69) is 15.3 Å². The predicted molar refractivity (Wildman–Crippen MR) is 47.0 cm³/mol. The molecule has 11 heteroatoms. The van der Waals surface area contributed by atoms with Gasteiger partial charge in [0.15, 0.2) is 0 Å².